The van der Waals surface area contributed by atoms with Crippen LogP contribution in [0, 0.1) is 10.1 Å². The minimum atomic E-state index is -4.48. The summed E-state index contributed by atoms with van der Waals surface area (Å²) < 4.78 is 38.7. The number of anilines is 1. The van der Waals surface area contributed by atoms with Gasteiger partial charge in [-0.3, -0.25) is 24.6 Å². The zero-order chi connectivity index (χ0) is 22.3. The number of non-ortho nitro benzene ring substituents is 1. The Hall–Kier alpha value is -3.49. The number of halogens is 3. The highest BCUT2D eigenvalue weighted by Crippen LogP contribution is 2.44. The first-order valence-corrected chi connectivity index (χ1v) is 9.67. The van der Waals surface area contributed by atoms with E-state index in [2.05, 4.69) is 0 Å². The van der Waals surface area contributed by atoms with Crippen molar-refractivity contribution in [1.82, 2.24) is 0 Å². The zero-order valence-corrected chi connectivity index (χ0v) is 16.2. The van der Waals surface area contributed by atoms with Crippen LogP contribution in [0.25, 0.3) is 0 Å². The van der Waals surface area contributed by atoms with Crippen LogP contribution in [-0.2, 0) is 15.8 Å². The van der Waals surface area contributed by atoms with E-state index in [-0.39, 0.29) is 30.2 Å². The maximum Gasteiger partial charge on any atom is 0.416 e. The first-order chi connectivity index (χ1) is 14.7. The predicted molar refractivity (Wildman–Crippen MR) is 105 cm³/mol. The van der Waals surface area contributed by atoms with Crippen molar-refractivity contribution in [2.45, 2.75) is 37.8 Å². The summed E-state index contributed by atoms with van der Waals surface area (Å²) in [6, 6.07) is 10.1. The quantitative estimate of drug-likeness (QED) is 0.499. The fraction of sp³-hybridized carbons (Fsp3) is 0.273. The van der Waals surface area contributed by atoms with Gasteiger partial charge in [-0.05, 0) is 36.6 Å². The lowest BCUT2D eigenvalue weighted by Gasteiger charge is -2.38. The van der Waals surface area contributed by atoms with Crippen molar-refractivity contribution < 1.29 is 27.7 Å². The van der Waals surface area contributed by atoms with Gasteiger partial charge >= 0.3 is 6.18 Å². The Balaban J connectivity index is 1.80. The molecule has 0 radical (unpaired) electrons. The van der Waals surface area contributed by atoms with Gasteiger partial charge in [-0.15, -0.1) is 0 Å². The first kappa shape index (κ1) is 20.8. The van der Waals surface area contributed by atoms with Gasteiger partial charge in [0, 0.05) is 42.2 Å². The van der Waals surface area contributed by atoms with Crippen molar-refractivity contribution in [3.05, 3.63) is 81.0 Å². The molecule has 0 aromatic heterocycles. The molecule has 9 heteroatoms. The number of nitro groups is 1. The van der Waals surface area contributed by atoms with E-state index >= 15 is 0 Å². The standard InChI is InChI=1S/C22H17F3N2O4/c23-22(24,25)14-9-7-13(8-10-14)17-12-20(29)26(18-5-2-6-19(28)21(17)18)15-3-1-4-16(11-15)27(30)31/h1,3-4,7-11,17H,2,5-6,12H2. The number of nitro benzene ring substituents is 1. The molecule has 1 heterocycles. The van der Waals surface area contributed by atoms with E-state index in [0.29, 0.717) is 35.4 Å². The van der Waals surface area contributed by atoms with Gasteiger partial charge in [0.15, 0.2) is 5.78 Å². The van der Waals surface area contributed by atoms with Gasteiger partial charge in [0.1, 0.15) is 0 Å². The highest BCUT2D eigenvalue weighted by atomic mass is 19.4. The highest BCUT2D eigenvalue weighted by molar-refractivity contribution is 6.07. The number of allylic oxidation sites excluding steroid dienone is 2. The Morgan fingerprint density at radius 2 is 1.74 bits per heavy atom. The van der Waals surface area contributed by atoms with Crippen LogP contribution in [0.15, 0.2) is 59.8 Å². The van der Waals surface area contributed by atoms with Gasteiger partial charge in [-0.1, -0.05) is 18.2 Å². The van der Waals surface area contributed by atoms with Crippen molar-refractivity contribution in [3.8, 4) is 0 Å². The average molecular weight is 430 g/mol. The molecule has 0 bridgehead atoms. The molecule has 1 amide bonds. The summed E-state index contributed by atoms with van der Waals surface area (Å²) in [6.07, 6.45) is -3.36. The number of ketones is 1. The number of hydrogen-bond acceptors (Lipinski definition) is 4. The van der Waals surface area contributed by atoms with Gasteiger partial charge in [-0.2, -0.15) is 13.2 Å². The van der Waals surface area contributed by atoms with Gasteiger partial charge < -0.3 is 0 Å². The molecule has 1 aliphatic heterocycles. The van der Waals surface area contributed by atoms with Crippen LogP contribution in [0.5, 0.6) is 0 Å². The van der Waals surface area contributed by atoms with Crippen LogP contribution >= 0.6 is 0 Å². The molecule has 0 N–H and O–H groups in total. The monoisotopic (exact) mass is 430 g/mol. The minimum Gasteiger partial charge on any atom is -0.294 e. The maximum atomic E-state index is 13.1. The molecular weight excluding hydrogens is 413 g/mol. The van der Waals surface area contributed by atoms with Crippen molar-refractivity contribution in [2.24, 2.45) is 0 Å². The van der Waals surface area contributed by atoms with Crippen LogP contribution in [-0.4, -0.2) is 16.6 Å². The number of rotatable bonds is 3. The maximum absolute atomic E-state index is 13.1. The van der Waals surface area contributed by atoms with Crippen molar-refractivity contribution in [3.63, 3.8) is 0 Å². The molecule has 1 aliphatic carbocycles. The highest BCUT2D eigenvalue weighted by Gasteiger charge is 2.40. The lowest BCUT2D eigenvalue weighted by atomic mass is 9.77. The molecule has 4 rings (SSSR count). The van der Waals surface area contributed by atoms with Crippen molar-refractivity contribution in [2.75, 3.05) is 4.90 Å². The molecule has 1 atom stereocenters. The molecule has 0 fully saturated rings. The Morgan fingerprint density at radius 3 is 2.39 bits per heavy atom. The third-order valence-corrected chi connectivity index (χ3v) is 5.61. The average Bonchev–Trinajstić information content (AvgIpc) is 2.73. The van der Waals surface area contributed by atoms with Crippen molar-refractivity contribution >= 4 is 23.1 Å². The number of nitrogens with zero attached hydrogens (tertiary/aromatic N) is 2. The van der Waals surface area contributed by atoms with Crippen LogP contribution in [0.2, 0.25) is 0 Å². The summed E-state index contributed by atoms with van der Waals surface area (Å²) in [5.74, 6) is -1.17. The van der Waals surface area contributed by atoms with E-state index in [1.807, 2.05) is 0 Å². The number of amides is 1. The number of benzene rings is 2. The molecule has 2 aromatic carbocycles. The van der Waals surface area contributed by atoms with Crippen LogP contribution in [0.4, 0.5) is 24.5 Å². The second kappa shape index (κ2) is 7.64. The fourth-order valence-electron chi connectivity index (χ4n) is 4.23. The number of hydrogen-bond donors (Lipinski definition) is 0. The molecule has 0 spiro atoms. The summed E-state index contributed by atoms with van der Waals surface area (Å²) in [5, 5.41) is 11.1. The summed E-state index contributed by atoms with van der Waals surface area (Å²) in [7, 11) is 0. The molecule has 6 nitrogen and oxygen atoms in total. The summed E-state index contributed by atoms with van der Waals surface area (Å²) in [6.45, 7) is 0. The van der Waals surface area contributed by atoms with E-state index in [4.69, 9.17) is 0 Å². The molecule has 0 saturated carbocycles. The second-order valence-electron chi connectivity index (χ2n) is 7.52. The Kier molecular flexibility index (Phi) is 5.12. The fourth-order valence-corrected chi connectivity index (χ4v) is 4.23. The lowest BCUT2D eigenvalue weighted by molar-refractivity contribution is -0.384. The van der Waals surface area contributed by atoms with Gasteiger partial charge in [-0.25, -0.2) is 0 Å². The zero-order valence-electron chi connectivity index (χ0n) is 16.2. The molecule has 1 unspecified atom stereocenters. The lowest BCUT2D eigenvalue weighted by Crippen LogP contribution is -2.40. The third-order valence-electron chi connectivity index (χ3n) is 5.61. The van der Waals surface area contributed by atoms with E-state index in [1.54, 1.807) is 6.07 Å². The number of Topliss-reactive ketones (excluding diaryl/α,β-unsaturated/α-hetero) is 1. The third kappa shape index (κ3) is 3.83. The van der Waals surface area contributed by atoms with Crippen molar-refractivity contribution in [1.29, 1.82) is 0 Å². The molecule has 2 aromatic rings. The molecule has 160 valence electrons. The Bertz CT molecular complexity index is 1110. The molecule has 31 heavy (non-hydrogen) atoms. The SMILES string of the molecule is O=C1CCCC2=C1C(c1ccc(C(F)(F)F)cc1)CC(=O)N2c1cccc([N+](=O)[O-])c1. The molecule has 0 saturated heterocycles. The van der Waals surface area contributed by atoms with Gasteiger partial charge in [0.2, 0.25) is 5.91 Å². The van der Waals surface area contributed by atoms with Crippen LogP contribution in [0.1, 0.15) is 42.7 Å². The van der Waals surface area contributed by atoms with Crippen LogP contribution < -0.4 is 4.90 Å². The normalized spacial score (nSPS) is 19.5. The topological polar surface area (TPSA) is 80.5 Å². The Morgan fingerprint density at radius 1 is 1.03 bits per heavy atom. The van der Waals surface area contributed by atoms with Crippen LogP contribution in [0.3, 0.4) is 0 Å². The van der Waals surface area contributed by atoms with E-state index in [0.717, 1.165) is 12.1 Å². The van der Waals surface area contributed by atoms with Gasteiger partial charge in [0.05, 0.1) is 16.2 Å². The van der Waals surface area contributed by atoms with Gasteiger partial charge in [0.25, 0.3) is 5.69 Å². The summed E-state index contributed by atoms with van der Waals surface area (Å²) in [5.41, 5.74) is 0.644. The van der Waals surface area contributed by atoms with E-state index in [9.17, 15) is 32.9 Å². The number of carbonyl (C=O) groups excluding carboxylic acids is 2. The predicted octanol–water partition coefficient (Wildman–Crippen LogP) is 5.14. The first-order valence-electron chi connectivity index (χ1n) is 9.67. The molecule has 2 aliphatic rings. The summed E-state index contributed by atoms with van der Waals surface area (Å²) in [4.78, 5) is 37.8. The number of carbonyl (C=O) groups is 2. The minimum absolute atomic E-state index is 0.112. The van der Waals surface area contributed by atoms with E-state index < -0.39 is 22.6 Å². The van der Waals surface area contributed by atoms with E-state index in [1.165, 1.54) is 35.2 Å². The largest absolute Gasteiger partial charge is 0.416 e. The number of alkyl halides is 3. The second-order valence-corrected chi connectivity index (χ2v) is 7.52. The molecular formula is C22H17F3N2O4. The Labute approximate surface area is 175 Å². The summed E-state index contributed by atoms with van der Waals surface area (Å²) >= 11 is 0. The smallest absolute Gasteiger partial charge is 0.294 e.